The maximum atomic E-state index is 12.2. The highest BCUT2D eigenvalue weighted by atomic mass is 32.2. The third kappa shape index (κ3) is 3.03. The van der Waals surface area contributed by atoms with Crippen LogP contribution in [-0.4, -0.2) is 21.9 Å². The predicted octanol–water partition coefficient (Wildman–Crippen LogP) is 3.47. The van der Waals surface area contributed by atoms with Crippen molar-refractivity contribution in [1.82, 2.24) is 9.55 Å². The quantitative estimate of drug-likeness (QED) is 0.408. The minimum absolute atomic E-state index is 0.00794. The molecule has 0 atom stereocenters. The van der Waals surface area contributed by atoms with Crippen LogP contribution in [0, 0.1) is 6.92 Å². The number of benzene rings is 1. The van der Waals surface area contributed by atoms with Crippen LogP contribution in [0.25, 0.3) is 10.2 Å². The minimum atomic E-state index is 0.00794. The van der Waals surface area contributed by atoms with E-state index in [1.54, 1.807) is 11.6 Å². The molecule has 0 N–H and O–H groups in total. The average Bonchev–Trinajstić information content (AvgIpc) is 2.98. The van der Waals surface area contributed by atoms with Gasteiger partial charge in [-0.2, -0.15) is 0 Å². The zero-order valence-electron chi connectivity index (χ0n) is 12.4. The van der Waals surface area contributed by atoms with Crippen LogP contribution in [0.1, 0.15) is 5.56 Å². The predicted molar refractivity (Wildman–Crippen MR) is 92.3 cm³/mol. The second kappa shape index (κ2) is 6.54. The van der Waals surface area contributed by atoms with E-state index in [9.17, 15) is 4.79 Å². The summed E-state index contributed by atoms with van der Waals surface area (Å²) in [7, 11) is 1.76. The van der Waals surface area contributed by atoms with E-state index in [2.05, 4.69) is 4.98 Å². The summed E-state index contributed by atoms with van der Waals surface area (Å²) in [6.45, 7) is 2.60. The van der Waals surface area contributed by atoms with E-state index in [0.717, 1.165) is 27.1 Å². The lowest BCUT2D eigenvalue weighted by atomic mass is 10.2. The summed E-state index contributed by atoms with van der Waals surface area (Å²) in [6, 6.07) is 9.77. The molecule has 1 aromatic carbocycles. The van der Waals surface area contributed by atoms with Crippen LogP contribution >= 0.6 is 23.1 Å². The topological polar surface area (TPSA) is 44.1 Å². The summed E-state index contributed by atoms with van der Waals surface area (Å²) in [5, 5.41) is 3.32. The molecule has 0 aliphatic carbocycles. The van der Waals surface area contributed by atoms with Gasteiger partial charge in [-0.1, -0.05) is 30.0 Å². The molecular weight excluding hydrogens is 316 g/mol. The molecule has 0 radical (unpaired) electrons. The Hall–Kier alpha value is -1.79. The number of thiophene rings is 1. The SMILES string of the molecule is Cc1ccccc1OCCSc1nc2sccc2c(=O)n1C. The van der Waals surface area contributed by atoms with Crippen molar-refractivity contribution in [3.05, 3.63) is 51.6 Å². The molecule has 6 heteroatoms. The summed E-state index contributed by atoms with van der Waals surface area (Å²) < 4.78 is 7.37. The minimum Gasteiger partial charge on any atom is -0.492 e. The van der Waals surface area contributed by atoms with Crippen molar-refractivity contribution in [1.29, 1.82) is 0 Å². The van der Waals surface area contributed by atoms with Crippen LogP contribution in [0.4, 0.5) is 0 Å². The van der Waals surface area contributed by atoms with Crippen LogP contribution in [-0.2, 0) is 7.05 Å². The number of aromatic nitrogens is 2. The lowest BCUT2D eigenvalue weighted by Gasteiger charge is -2.09. The molecule has 0 spiro atoms. The van der Waals surface area contributed by atoms with Crippen molar-refractivity contribution >= 4 is 33.3 Å². The van der Waals surface area contributed by atoms with Crippen LogP contribution in [0.3, 0.4) is 0 Å². The summed E-state index contributed by atoms with van der Waals surface area (Å²) >= 11 is 3.03. The number of rotatable bonds is 5. The Balaban J connectivity index is 1.66. The van der Waals surface area contributed by atoms with E-state index in [1.807, 2.05) is 42.6 Å². The van der Waals surface area contributed by atoms with Crippen molar-refractivity contribution in [3.63, 3.8) is 0 Å². The fraction of sp³-hybridized carbons (Fsp3) is 0.250. The lowest BCUT2D eigenvalue weighted by molar-refractivity contribution is 0.341. The molecule has 0 saturated heterocycles. The first-order valence-electron chi connectivity index (χ1n) is 6.92. The van der Waals surface area contributed by atoms with Crippen molar-refractivity contribution < 1.29 is 4.74 Å². The van der Waals surface area contributed by atoms with Gasteiger partial charge in [0.2, 0.25) is 0 Å². The zero-order chi connectivity index (χ0) is 15.5. The molecule has 0 fully saturated rings. The molecule has 0 aliphatic rings. The molecular formula is C16H16N2O2S2. The number of para-hydroxylation sites is 1. The number of aryl methyl sites for hydroxylation is 1. The molecule has 0 aliphatic heterocycles. The van der Waals surface area contributed by atoms with Crippen molar-refractivity contribution in [2.75, 3.05) is 12.4 Å². The van der Waals surface area contributed by atoms with Gasteiger partial charge in [0.1, 0.15) is 10.6 Å². The first-order chi connectivity index (χ1) is 10.7. The van der Waals surface area contributed by atoms with Gasteiger partial charge in [0.25, 0.3) is 5.56 Å². The second-order valence-corrected chi connectivity index (χ2v) is 6.82. The molecule has 2 heterocycles. The van der Waals surface area contributed by atoms with Gasteiger partial charge in [0, 0.05) is 12.8 Å². The molecule has 0 amide bonds. The third-order valence-electron chi connectivity index (χ3n) is 3.33. The fourth-order valence-corrected chi connectivity index (χ4v) is 3.71. The van der Waals surface area contributed by atoms with Gasteiger partial charge in [-0.15, -0.1) is 11.3 Å². The Labute approximate surface area is 136 Å². The third-order valence-corrected chi connectivity index (χ3v) is 5.13. The van der Waals surface area contributed by atoms with Crippen LogP contribution in [0.2, 0.25) is 0 Å². The summed E-state index contributed by atoms with van der Waals surface area (Å²) in [5.74, 6) is 1.64. The highest BCUT2D eigenvalue weighted by Gasteiger charge is 2.09. The van der Waals surface area contributed by atoms with E-state index in [1.165, 1.54) is 23.1 Å². The molecule has 0 unspecified atom stereocenters. The zero-order valence-corrected chi connectivity index (χ0v) is 14.0. The van der Waals surface area contributed by atoms with Gasteiger partial charge in [-0.25, -0.2) is 4.98 Å². The molecule has 22 heavy (non-hydrogen) atoms. The van der Waals surface area contributed by atoms with Gasteiger partial charge in [-0.05, 0) is 30.0 Å². The van der Waals surface area contributed by atoms with Gasteiger partial charge in [0.15, 0.2) is 5.16 Å². The summed E-state index contributed by atoms with van der Waals surface area (Å²) in [4.78, 5) is 17.5. The maximum absolute atomic E-state index is 12.2. The standard InChI is InChI=1S/C16H16N2O2S2/c1-11-5-3-4-6-13(11)20-8-10-22-16-17-14-12(7-9-21-14)15(19)18(16)2/h3-7,9H,8,10H2,1-2H3. The van der Waals surface area contributed by atoms with Crippen LogP contribution < -0.4 is 10.3 Å². The maximum Gasteiger partial charge on any atom is 0.262 e. The largest absolute Gasteiger partial charge is 0.492 e. The molecule has 0 bridgehead atoms. The van der Waals surface area contributed by atoms with Crippen LogP contribution in [0.5, 0.6) is 5.75 Å². The van der Waals surface area contributed by atoms with E-state index in [-0.39, 0.29) is 5.56 Å². The summed E-state index contributed by atoms with van der Waals surface area (Å²) in [6.07, 6.45) is 0. The first kappa shape index (κ1) is 15.1. The smallest absolute Gasteiger partial charge is 0.262 e. The lowest BCUT2D eigenvalue weighted by Crippen LogP contribution is -2.19. The van der Waals surface area contributed by atoms with E-state index < -0.39 is 0 Å². The molecule has 3 rings (SSSR count). The molecule has 4 nitrogen and oxygen atoms in total. The number of nitrogens with zero attached hydrogens (tertiary/aromatic N) is 2. The van der Waals surface area contributed by atoms with Gasteiger partial charge >= 0.3 is 0 Å². The van der Waals surface area contributed by atoms with Crippen molar-refractivity contribution in [2.45, 2.75) is 12.1 Å². The van der Waals surface area contributed by atoms with Crippen LogP contribution in [0.15, 0.2) is 45.7 Å². The number of hydrogen-bond acceptors (Lipinski definition) is 5. The molecule has 2 aromatic heterocycles. The Morgan fingerprint density at radius 3 is 2.95 bits per heavy atom. The second-order valence-electron chi connectivity index (χ2n) is 4.86. The molecule has 3 aromatic rings. The Morgan fingerprint density at radius 1 is 1.32 bits per heavy atom. The number of fused-ring (bicyclic) bond motifs is 1. The fourth-order valence-electron chi connectivity index (χ4n) is 2.11. The normalized spacial score (nSPS) is 11.0. The highest BCUT2D eigenvalue weighted by Crippen LogP contribution is 2.21. The Kier molecular flexibility index (Phi) is 4.49. The van der Waals surface area contributed by atoms with E-state index in [4.69, 9.17) is 4.74 Å². The number of ether oxygens (including phenoxy) is 1. The van der Waals surface area contributed by atoms with Crippen molar-refractivity contribution in [2.24, 2.45) is 7.05 Å². The molecule has 0 saturated carbocycles. The Morgan fingerprint density at radius 2 is 2.14 bits per heavy atom. The van der Waals surface area contributed by atoms with E-state index >= 15 is 0 Å². The average molecular weight is 332 g/mol. The first-order valence-corrected chi connectivity index (χ1v) is 8.79. The summed E-state index contributed by atoms with van der Waals surface area (Å²) in [5.41, 5.74) is 1.13. The monoisotopic (exact) mass is 332 g/mol. The van der Waals surface area contributed by atoms with Crippen molar-refractivity contribution in [3.8, 4) is 5.75 Å². The highest BCUT2D eigenvalue weighted by molar-refractivity contribution is 7.99. The number of hydrogen-bond donors (Lipinski definition) is 0. The van der Waals surface area contributed by atoms with Gasteiger partial charge < -0.3 is 4.74 Å². The van der Waals surface area contributed by atoms with Gasteiger partial charge in [0.05, 0.1) is 12.0 Å². The van der Waals surface area contributed by atoms with E-state index in [0.29, 0.717) is 12.0 Å². The Bertz CT molecular complexity index is 855. The molecule has 114 valence electrons. The number of thioether (sulfide) groups is 1. The van der Waals surface area contributed by atoms with Gasteiger partial charge in [-0.3, -0.25) is 9.36 Å².